The maximum atomic E-state index is 12.9. The van der Waals surface area contributed by atoms with Crippen molar-refractivity contribution in [3.05, 3.63) is 47.5 Å². The molecule has 0 radical (unpaired) electrons. The summed E-state index contributed by atoms with van der Waals surface area (Å²) in [5, 5.41) is 9.86. The van der Waals surface area contributed by atoms with Crippen LogP contribution < -0.4 is 0 Å². The van der Waals surface area contributed by atoms with E-state index in [0.717, 1.165) is 5.56 Å². The van der Waals surface area contributed by atoms with E-state index in [1.54, 1.807) is 26.0 Å². The maximum Gasteiger partial charge on any atom is 0.421 e. The lowest BCUT2D eigenvalue weighted by Gasteiger charge is -2.30. The van der Waals surface area contributed by atoms with Crippen molar-refractivity contribution in [2.45, 2.75) is 32.0 Å². The van der Waals surface area contributed by atoms with Crippen LogP contribution in [0.2, 0.25) is 0 Å². The monoisotopic (exact) mass is 244 g/mol. The van der Waals surface area contributed by atoms with Gasteiger partial charge in [-0.1, -0.05) is 42.0 Å². The molecule has 0 spiro atoms. The normalized spacial score (nSPS) is 16.1. The molecule has 0 fully saturated rings. The van der Waals surface area contributed by atoms with E-state index in [2.05, 4.69) is 0 Å². The van der Waals surface area contributed by atoms with Crippen LogP contribution in [0.3, 0.4) is 0 Å². The van der Waals surface area contributed by atoms with E-state index >= 15 is 0 Å². The quantitative estimate of drug-likeness (QED) is 0.803. The highest BCUT2D eigenvalue weighted by Crippen LogP contribution is 2.41. The Morgan fingerprint density at radius 1 is 1.18 bits per heavy atom. The first-order chi connectivity index (χ1) is 7.81. The first kappa shape index (κ1) is 13.8. The number of halogens is 3. The molecule has 0 heterocycles. The van der Waals surface area contributed by atoms with Gasteiger partial charge < -0.3 is 5.11 Å². The Hall–Kier alpha value is -1.29. The topological polar surface area (TPSA) is 20.2 Å². The van der Waals surface area contributed by atoms with E-state index in [4.69, 9.17) is 0 Å². The number of benzene rings is 1. The van der Waals surface area contributed by atoms with Gasteiger partial charge in [0, 0.05) is 6.42 Å². The van der Waals surface area contributed by atoms with Crippen LogP contribution in [0.5, 0.6) is 0 Å². The largest absolute Gasteiger partial charge is 0.421 e. The molecule has 1 aromatic rings. The summed E-state index contributed by atoms with van der Waals surface area (Å²) in [4.78, 5) is 0. The Morgan fingerprint density at radius 3 is 2.12 bits per heavy atom. The third-order valence-corrected chi connectivity index (χ3v) is 2.65. The molecule has 1 atom stereocenters. The van der Waals surface area contributed by atoms with Gasteiger partial charge in [-0.3, -0.25) is 0 Å². The lowest BCUT2D eigenvalue weighted by atomic mass is 9.89. The summed E-state index contributed by atoms with van der Waals surface area (Å²) in [6.07, 6.45) is -2.37. The van der Waals surface area contributed by atoms with Crippen molar-refractivity contribution >= 4 is 0 Å². The first-order valence-electron chi connectivity index (χ1n) is 5.28. The van der Waals surface area contributed by atoms with Gasteiger partial charge >= 0.3 is 6.18 Å². The Kier molecular flexibility index (Phi) is 3.98. The van der Waals surface area contributed by atoms with E-state index in [9.17, 15) is 18.3 Å². The van der Waals surface area contributed by atoms with Gasteiger partial charge in [-0.15, -0.1) is 0 Å². The number of rotatable bonds is 3. The Bertz CT molecular complexity index is 392. The van der Waals surface area contributed by atoms with Crippen LogP contribution >= 0.6 is 0 Å². The molecule has 0 saturated carbocycles. The average molecular weight is 244 g/mol. The maximum absolute atomic E-state index is 12.9. The molecule has 0 unspecified atom stereocenters. The van der Waals surface area contributed by atoms with Gasteiger partial charge in [0.05, 0.1) is 0 Å². The minimum Gasteiger partial charge on any atom is -0.376 e. The highest BCUT2D eigenvalue weighted by Gasteiger charge is 2.53. The molecule has 0 aliphatic carbocycles. The Morgan fingerprint density at radius 2 is 1.71 bits per heavy atom. The molecule has 0 aliphatic rings. The minimum atomic E-state index is -4.69. The number of alkyl halides is 3. The molecule has 94 valence electrons. The smallest absolute Gasteiger partial charge is 0.376 e. The summed E-state index contributed by atoms with van der Waals surface area (Å²) in [6.45, 7) is 3.40. The highest BCUT2D eigenvalue weighted by atomic mass is 19.4. The zero-order chi connectivity index (χ0) is 13.1. The van der Waals surface area contributed by atoms with Gasteiger partial charge in [-0.2, -0.15) is 13.2 Å². The summed E-state index contributed by atoms with van der Waals surface area (Å²) in [7, 11) is 0. The molecule has 0 aliphatic heterocycles. The van der Waals surface area contributed by atoms with Gasteiger partial charge in [0.15, 0.2) is 5.60 Å². The van der Waals surface area contributed by atoms with Crippen molar-refractivity contribution in [1.82, 2.24) is 0 Å². The fourth-order valence-corrected chi connectivity index (χ4v) is 1.51. The molecule has 0 amide bonds. The first-order valence-corrected chi connectivity index (χ1v) is 5.28. The van der Waals surface area contributed by atoms with Crippen LogP contribution in [-0.2, 0) is 5.60 Å². The summed E-state index contributed by atoms with van der Waals surface area (Å²) in [5.41, 5.74) is -2.09. The predicted octanol–water partition coefficient (Wildman–Crippen LogP) is 3.71. The minimum absolute atomic E-state index is 0.131. The molecule has 17 heavy (non-hydrogen) atoms. The van der Waals surface area contributed by atoms with Gasteiger partial charge in [-0.05, 0) is 19.4 Å². The van der Waals surface area contributed by atoms with Crippen molar-refractivity contribution in [3.63, 3.8) is 0 Å². The molecule has 4 heteroatoms. The third kappa shape index (κ3) is 2.88. The summed E-state index contributed by atoms with van der Waals surface area (Å²) < 4.78 is 38.8. The molecular formula is C13H15F3O. The van der Waals surface area contributed by atoms with Crippen molar-refractivity contribution in [1.29, 1.82) is 0 Å². The van der Waals surface area contributed by atoms with Crippen LogP contribution in [0.15, 0.2) is 36.4 Å². The SMILES string of the molecule is C/C=C\C[C@@](O)(c1ccc(C)cc1)C(F)(F)F. The van der Waals surface area contributed by atoms with Crippen LogP contribution in [0.1, 0.15) is 24.5 Å². The second-order valence-electron chi connectivity index (χ2n) is 4.00. The molecular weight excluding hydrogens is 229 g/mol. The summed E-state index contributed by atoms with van der Waals surface area (Å²) >= 11 is 0. The van der Waals surface area contributed by atoms with Crippen molar-refractivity contribution in [2.24, 2.45) is 0 Å². The molecule has 1 aromatic carbocycles. The van der Waals surface area contributed by atoms with Crippen LogP contribution in [0.25, 0.3) is 0 Å². The van der Waals surface area contributed by atoms with Gasteiger partial charge in [0.2, 0.25) is 0 Å². The van der Waals surface area contributed by atoms with Gasteiger partial charge in [-0.25, -0.2) is 0 Å². The third-order valence-electron chi connectivity index (χ3n) is 2.65. The second kappa shape index (κ2) is 4.92. The van der Waals surface area contributed by atoms with Gasteiger partial charge in [0.1, 0.15) is 0 Å². The van der Waals surface area contributed by atoms with E-state index in [0.29, 0.717) is 0 Å². The number of hydrogen-bond donors (Lipinski definition) is 1. The lowest BCUT2D eigenvalue weighted by Crippen LogP contribution is -2.41. The van der Waals surface area contributed by atoms with Crippen molar-refractivity contribution in [3.8, 4) is 0 Å². The Balaban J connectivity index is 3.19. The zero-order valence-electron chi connectivity index (χ0n) is 9.75. The average Bonchev–Trinajstić information content (AvgIpc) is 2.25. The summed E-state index contributed by atoms with van der Waals surface area (Å²) in [5.74, 6) is 0. The fourth-order valence-electron chi connectivity index (χ4n) is 1.51. The van der Waals surface area contributed by atoms with E-state index in [1.807, 2.05) is 0 Å². The molecule has 0 aromatic heterocycles. The Labute approximate surface area is 98.6 Å². The van der Waals surface area contributed by atoms with Crippen molar-refractivity contribution in [2.75, 3.05) is 0 Å². The molecule has 0 saturated heterocycles. The van der Waals surface area contributed by atoms with E-state index < -0.39 is 18.2 Å². The highest BCUT2D eigenvalue weighted by molar-refractivity contribution is 5.28. The van der Waals surface area contributed by atoms with Crippen LogP contribution in [-0.4, -0.2) is 11.3 Å². The second-order valence-corrected chi connectivity index (χ2v) is 4.00. The number of aliphatic hydroxyl groups is 1. The number of hydrogen-bond acceptors (Lipinski definition) is 1. The zero-order valence-corrected chi connectivity index (χ0v) is 9.75. The molecule has 0 bridgehead atoms. The van der Waals surface area contributed by atoms with Gasteiger partial charge in [0.25, 0.3) is 0 Å². The van der Waals surface area contributed by atoms with Crippen LogP contribution in [0, 0.1) is 6.92 Å². The molecule has 1 nitrogen and oxygen atoms in total. The van der Waals surface area contributed by atoms with Crippen LogP contribution in [0.4, 0.5) is 13.2 Å². The number of allylic oxidation sites excluding steroid dienone is 1. The number of aryl methyl sites for hydroxylation is 1. The fraction of sp³-hybridized carbons (Fsp3) is 0.385. The predicted molar refractivity (Wildman–Crippen MR) is 60.6 cm³/mol. The molecule has 1 rings (SSSR count). The summed E-state index contributed by atoms with van der Waals surface area (Å²) in [6, 6.07) is 5.74. The van der Waals surface area contributed by atoms with E-state index in [1.165, 1.54) is 24.3 Å². The van der Waals surface area contributed by atoms with Crippen molar-refractivity contribution < 1.29 is 18.3 Å². The molecule has 1 N–H and O–H groups in total. The lowest BCUT2D eigenvalue weighted by molar-refractivity contribution is -0.265. The van der Waals surface area contributed by atoms with E-state index in [-0.39, 0.29) is 5.56 Å². The standard InChI is InChI=1S/C13H15F3O/c1-3-4-9-12(17,13(14,15)16)11-7-5-10(2)6-8-11/h3-8,17H,9H2,1-2H3/b4-3-/t12-/m1/s1.